The van der Waals surface area contributed by atoms with Crippen molar-refractivity contribution in [2.24, 2.45) is 0 Å². The molecule has 118 valence electrons. The normalized spacial score (nSPS) is 16.1. The van der Waals surface area contributed by atoms with Crippen LogP contribution in [0.3, 0.4) is 0 Å². The molecule has 4 heterocycles. The number of amides is 1. The average molecular weight is 375 g/mol. The van der Waals surface area contributed by atoms with Crippen LogP contribution in [-0.4, -0.2) is 38.5 Å². The van der Waals surface area contributed by atoms with Gasteiger partial charge in [-0.2, -0.15) is 0 Å². The number of halogens is 1. The summed E-state index contributed by atoms with van der Waals surface area (Å²) in [5, 5.41) is 8.55. The summed E-state index contributed by atoms with van der Waals surface area (Å²) in [4.78, 5) is 14.2. The van der Waals surface area contributed by atoms with Crippen LogP contribution >= 0.6 is 15.9 Å². The van der Waals surface area contributed by atoms with Crippen LogP contribution in [0.4, 0.5) is 0 Å². The summed E-state index contributed by atoms with van der Waals surface area (Å²) in [6.07, 6.45) is 3.75. The van der Waals surface area contributed by atoms with Crippen molar-refractivity contribution in [1.82, 2.24) is 19.5 Å². The van der Waals surface area contributed by atoms with Gasteiger partial charge in [-0.25, -0.2) is 0 Å². The Labute approximate surface area is 141 Å². The Bertz CT molecular complexity index is 849. The monoisotopic (exact) mass is 374 g/mol. The lowest BCUT2D eigenvalue weighted by atomic mass is 9.96. The zero-order valence-electron chi connectivity index (χ0n) is 12.4. The van der Waals surface area contributed by atoms with Crippen molar-refractivity contribution in [2.45, 2.75) is 18.8 Å². The SMILES string of the molecule is O=C(c1ccc(Br)o1)N1CCC(c2nnc3ccccn23)CC1. The number of hydrogen-bond donors (Lipinski definition) is 0. The molecule has 1 saturated heterocycles. The highest BCUT2D eigenvalue weighted by atomic mass is 79.9. The molecule has 0 N–H and O–H groups in total. The minimum absolute atomic E-state index is 0.0553. The molecule has 0 spiro atoms. The maximum Gasteiger partial charge on any atom is 0.289 e. The molecule has 4 rings (SSSR count). The van der Waals surface area contributed by atoms with Crippen LogP contribution in [0.25, 0.3) is 5.65 Å². The van der Waals surface area contributed by atoms with E-state index >= 15 is 0 Å². The van der Waals surface area contributed by atoms with Crippen molar-refractivity contribution in [1.29, 1.82) is 0 Å². The lowest BCUT2D eigenvalue weighted by molar-refractivity contribution is 0.0677. The van der Waals surface area contributed by atoms with Gasteiger partial charge >= 0.3 is 0 Å². The Kier molecular flexibility index (Phi) is 3.65. The van der Waals surface area contributed by atoms with Crippen molar-refractivity contribution < 1.29 is 9.21 Å². The molecule has 1 aliphatic heterocycles. The first-order chi connectivity index (χ1) is 11.2. The standard InChI is InChI=1S/C16H15BrN4O2/c17-13-5-4-12(23-13)16(22)20-9-6-11(7-10-20)15-19-18-14-3-1-2-8-21(14)15/h1-5,8,11H,6-7,9-10H2. The second kappa shape index (κ2) is 5.81. The fourth-order valence-corrected chi connectivity index (χ4v) is 3.37. The van der Waals surface area contributed by atoms with Gasteiger partial charge < -0.3 is 9.32 Å². The molecule has 7 heteroatoms. The first kappa shape index (κ1) is 14.4. The van der Waals surface area contributed by atoms with E-state index in [2.05, 4.69) is 26.1 Å². The number of rotatable bonds is 2. The third-order valence-corrected chi connectivity index (χ3v) is 4.70. The van der Waals surface area contributed by atoms with Crippen LogP contribution in [0.5, 0.6) is 0 Å². The number of furan rings is 1. The molecule has 0 bridgehead atoms. The van der Waals surface area contributed by atoms with Gasteiger partial charge in [0.15, 0.2) is 16.1 Å². The van der Waals surface area contributed by atoms with E-state index in [1.165, 1.54) is 0 Å². The van der Waals surface area contributed by atoms with E-state index < -0.39 is 0 Å². The van der Waals surface area contributed by atoms with Crippen molar-refractivity contribution >= 4 is 27.5 Å². The molecule has 0 atom stereocenters. The van der Waals surface area contributed by atoms with Crippen molar-refractivity contribution in [3.63, 3.8) is 0 Å². The third-order valence-electron chi connectivity index (χ3n) is 4.27. The molecular weight excluding hydrogens is 360 g/mol. The third kappa shape index (κ3) is 2.65. The quantitative estimate of drug-likeness (QED) is 0.691. The highest BCUT2D eigenvalue weighted by molar-refractivity contribution is 9.10. The molecule has 3 aromatic rings. The summed E-state index contributed by atoms with van der Waals surface area (Å²) in [6, 6.07) is 9.32. The number of hydrogen-bond acceptors (Lipinski definition) is 4. The van der Waals surface area contributed by atoms with E-state index in [9.17, 15) is 4.79 Å². The zero-order valence-corrected chi connectivity index (χ0v) is 13.9. The van der Waals surface area contributed by atoms with E-state index in [0.717, 1.165) is 24.3 Å². The summed E-state index contributed by atoms with van der Waals surface area (Å²) < 4.78 is 7.96. The zero-order chi connectivity index (χ0) is 15.8. The molecule has 1 aliphatic rings. The van der Waals surface area contributed by atoms with Gasteiger partial charge in [-0.1, -0.05) is 6.07 Å². The molecule has 1 amide bonds. The van der Waals surface area contributed by atoms with Gasteiger partial charge in [0.1, 0.15) is 5.82 Å². The molecule has 0 radical (unpaired) electrons. The minimum atomic E-state index is -0.0553. The lowest BCUT2D eigenvalue weighted by Crippen LogP contribution is -2.38. The highest BCUT2D eigenvalue weighted by Crippen LogP contribution is 2.28. The largest absolute Gasteiger partial charge is 0.444 e. The van der Waals surface area contributed by atoms with Crippen LogP contribution < -0.4 is 0 Å². The fraction of sp³-hybridized carbons (Fsp3) is 0.312. The molecule has 0 aromatic carbocycles. The minimum Gasteiger partial charge on any atom is -0.444 e. The van der Waals surface area contributed by atoms with Gasteiger partial charge in [-0.3, -0.25) is 9.20 Å². The smallest absolute Gasteiger partial charge is 0.289 e. The Morgan fingerprint density at radius 2 is 2.00 bits per heavy atom. The Morgan fingerprint density at radius 3 is 2.74 bits per heavy atom. The summed E-state index contributed by atoms with van der Waals surface area (Å²) >= 11 is 3.23. The second-order valence-corrected chi connectivity index (χ2v) is 6.44. The predicted molar refractivity (Wildman–Crippen MR) is 87.3 cm³/mol. The number of nitrogens with zero attached hydrogens (tertiary/aromatic N) is 4. The number of aromatic nitrogens is 3. The van der Waals surface area contributed by atoms with E-state index in [-0.39, 0.29) is 5.91 Å². The molecule has 0 aliphatic carbocycles. The number of carbonyl (C=O) groups excluding carboxylic acids is 1. The molecule has 1 fully saturated rings. The number of piperidine rings is 1. The predicted octanol–water partition coefficient (Wildman–Crippen LogP) is 3.10. The van der Waals surface area contributed by atoms with E-state index in [1.807, 2.05) is 33.7 Å². The molecule has 23 heavy (non-hydrogen) atoms. The van der Waals surface area contributed by atoms with Crippen LogP contribution in [0.2, 0.25) is 0 Å². The van der Waals surface area contributed by atoms with Crippen LogP contribution in [0, 0.1) is 0 Å². The van der Waals surface area contributed by atoms with E-state index in [0.29, 0.717) is 29.4 Å². The summed E-state index contributed by atoms with van der Waals surface area (Å²) in [7, 11) is 0. The Hall–Kier alpha value is -2.15. The van der Waals surface area contributed by atoms with Crippen molar-refractivity contribution in [2.75, 3.05) is 13.1 Å². The highest BCUT2D eigenvalue weighted by Gasteiger charge is 2.28. The van der Waals surface area contributed by atoms with Gasteiger partial charge in [-0.15, -0.1) is 10.2 Å². The first-order valence-electron chi connectivity index (χ1n) is 7.56. The maximum absolute atomic E-state index is 12.4. The second-order valence-electron chi connectivity index (χ2n) is 5.66. The average Bonchev–Trinajstić information content (AvgIpc) is 3.21. The van der Waals surface area contributed by atoms with Crippen LogP contribution in [-0.2, 0) is 0 Å². The number of carbonyl (C=O) groups is 1. The van der Waals surface area contributed by atoms with Crippen LogP contribution in [0.15, 0.2) is 45.6 Å². The molecule has 0 unspecified atom stereocenters. The topological polar surface area (TPSA) is 63.6 Å². The Balaban J connectivity index is 1.48. The lowest BCUT2D eigenvalue weighted by Gasteiger charge is -2.30. The van der Waals surface area contributed by atoms with Crippen molar-refractivity contribution in [3.05, 3.63) is 52.8 Å². The molecule has 3 aromatic heterocycles. The fourth-order valence-electron chi connectivity index (χ4n) is 3.06. The molecule has 6 nitrogen and oxygen atoms in total. The summed E-state index contributed by atoms with van der Waals surface area (Å²) in [6.45, 7) is 1.40. The van der Waals surface area contributed by atoms with Crippen molar-refractivity contribution in [3.8, 4) is 0 Å². The molecule has 0 saturated carbocycles. The summed E-state index contributed by atoms with van der Waals surface area (Å²) in [5.41, 5.74) is 0.862. The van der Waals surface area contributed by atoms with Gasteiger partial charge in [0.05, 0.1) is 0 Å². The number of fused-ring (bicyclic) bond motifs is 1. The first-order valence-corrected chi connectivity index (χ1v) is 8.36. The van der Waals surface area contributed by atoms with E-state index in [1.54, 1.807) is 12.1 Å². The van der Waals surface area contributed by atoms with E-state index in [4.69, 9.17) is 4.42 Å². The Morgan fingerprint density at radius 1 is 1.17 bits per heavy atom. The van der Waals surface area contributed by atoms with Gasteiger partial charge in [-0.05, 0) is 53.0 Å². The number of pyridine rings is 1. The van der Waals surface area contributed by atoms with Crippen LogP contribution in [0.1, 0.15) is 35.1 Å². The van der Waals surface area contributed by atoms with Gasteiger partial charge in [0.25, 0.3) is 5.91 Å². The maximum atomic E-state index is 12.4. The number of likely N-dealkylation sites (tertiary alicyclic amines) is 1. The molecular formula is C16H15BrN4O2. The van der Waals surface area contributed by atoms with Gasteiger partial charge in [0, 0.05) is 25.2 Å². The summed E-state index contributed by atoms with van der Waals surface area (Å²) in [5.74, 6) is 1.62. The van der Waals surface area contributed by atoms with Gasteiger partial charge in [0.2, 0.25) is 0 Å².